The third kappa shape index (κ3) is 4.55. The van der Waals surface area contributed by atoms with Crippen molar-refractivity contribution in [2.45, 2.75) is 89.6 Å². The average Bonchev–Trinajstić information content (AvgIpc) is 3.48. The van der Waals surface area contributed by atoms with Crippen LogP contribution in [-0.2, 0) is 23.9 Å². The van der Waals surface area contributed by atoms with Crippen molar-refractivity contribution in [3.63, 3.8) is 0 Å². The number of amides is 2. The summed E-state index contributed by atoms with van der Waals surface area (Å²) in [5.41, 5.74) is -1.11. The van der Waals surface area contributed by atoms with Crippen LogP contribution in [0.4, 0.5) is 0 Å². The van der Waals surface area contributed by atoms with E-state index in [4.69, 9.17) is 9.47 Å². The molecule has 2 amide bonds. The Hall–Kier alpha value is -2.19. The second-order valence-corrected chi connectivity index (χ2v) is 10.3. The molecule has 0 saturated carbocycles. The lowest BCUT2D eigenvalue weighted by atomic mass is 9.70. The van der Waals surface area contributed by atoms with Crippen molar-refractivity contribution < 1.29 is 29.0 Å². The normalized spacial score (nSPS) is 31.6. The van der Waals surface area contributed by atoms with Gasteiger partial charge < -0.3 is 24.4 Å². The highest BCUT2D eigenvalue weighted by Gasteiger charge is 2.75. The van der Waals surface area contributed by atoms with Crippen molar-refractivity contribution in [1.82, 2.24) is 9.80 Å². The highest BCUT2D eigenvalue weighted by molar-refractivity contribution is 5.98. The maximum absolute atomic E-state index is 14.3. The molecule has 35 heavy (non-hydrogen) atoms. The summed E-state index contributed by atoms with van der Waals surface area (Å²) >= 11 is 0. The zero-order chi connectivity index (χ0) is 25.9. The van der Waals surface area contributed by atoms with Crippen molar-refractivity contribution in [3.8, 4) is 0 Å². The van der Waals surface area contributed by atoms with E-state index in [-0.39, 0.29) is 37.0 Å². The van der Waals surface area contributed by atoms with Crippen LogP contribution in [0.5, 0.6) is 0 Å². The van der Waals surface area contributed by atoms with E-state index < -0.39 is 41.6 Å². The largest absolute Gasteiger partial charge is 0.461 e. The van der Waals surface area contributed by atoms with Crippen LogP contribution in [0.3, 0.4) is 0 Å². The Balaban J connectivity index is 2.10. The van der Waals surface area contributed by atoms with Crippen LogP contribution in [0.1, 0.15) is 59.8 Å². The molecule has 0 aliphatic carbocycles. The molecule has 1 N–H and O–H groups in total. The summed E-state index contributed by atoms with van der Waals surface area (Å²) in [4.78, 5) is 44.8. The number of aliphatic hydroxyl groups excluding tert-OH is 1. The molecule has 1 spiro atoms. The molecule has 3 fully saturated rings. The molecule has 3 unspecified atom stereocenters. The first kappa shape index (κ1) is 27.4. The van der Waals surface area contributed by atoms with Gasteiger partial charge in [-0.1, -0.05) is 52.3 Å². The van der Waals surface area contributed by atoms with Gasteiger partial charge in [-0.3, -0.25) is 14.4 Å². The number of fused-ring (bicyclic) bond motifs is 1. The number of nitrogens with zero attached hydrogens (tertiary/aromatic N) is 2. The predicted molar refractivity (Wildman–Crippen MR) is 132 cm³/mol. The van der Waals surface area contributed by atoms with Gasteiger partial charge in [0.05, 0.1) is 30.6 Å². The van der Waals surface area contributed by atoms with Gasteiger partial charge in [-0.25, -0.2) is 0 Å². The van der Waals surface area contributed by atoms with Crippen LogP contribution in [0.25, 0.3) is 0 Å². The van der Waals surface area contributed by atoms with Gasteiger partial charge in [-0.15, -0.1) is 6.58 Å². The summed E-state index contributed by atoms with van der Waals surface area (Å²) in [7, 11) is 0. The molecule has 8 atom stereocenters. The van der Waals surface area contributed by atoms with E-state index in [1.54, 1.807) is 15.9 Å². The zero-order valence-electron chi connectivity index (χ0n) is 21.7. The number of esters is 1. The Morgan fingerprint density at radius 2 is 2.03 bits per heavy atom. The molecule has 3 rings (SSSR count). The van der Waals surface area contributed by atoms with Gasteiger partial charge in [0.2, 0.25) is 11.8 Å². The van der Waals surface area contributed by atoms with Crippen LogP contribution in [-0.4, -0.2) is 82.3 Å². The number of hydrogen-bond acceptors (Lipinski definition) is 6. The van der Waals surface area contributed by atoms with Gasteiger partial charge in [0.25, 0.3) is 0 Å². The molecule has 3 aliphatic rings. The summed E-state index contributed by atoms with van der Waals surface area (Å²) in [6.07, 6.45) is 6.26. The maximum Gasteiger partial charge on any atom is 0.312 e. The Labute approximate surface area is 209 Å². The molecule has 8 nitrogen and oxygen atoms in total. The van der Waals surface area contributed by atoms with E-state index in [9.17, 15) is 19.5 Å². The zero-order valence-corrected chi connectivity index (χ0v) is 21.7. The second-order valence-electron chi connectivity index (χ2n) is 10.3. The van der Waals surface area contributed by atoms with E-state index in [1.165, 1.54) is 6.08 Å². The van der Waals surface area contributed by atoms with Crippen molar-refractivity contribution in [1.29, 1.82) is 0 Å². The van der Waals surface area contributed by atoms with E-state index >= 15 is 0 Å². The van der Waals surface area contributed by atoms with E-state index in [1.807, 2.05) is 20.8 Å². The molecule has 3 aliphatic heterocycles. The quantitative estimate of drug-likeness (QED) is 0.315. The highest BCUT2D eigenvalue weighted by Crippen LogP contribution is 2.59. The summed E-state index contributed by atoms with van der Waals surface area (Å²) in [5, 5.41) is 10.4. The molecule has 0 aromatic rings. The topological polar surface area (TPSA) is 96.4 Å². The van der Waals surface area contributed by atoms with Crippen LogP contribution in [0, 0.1) is 17.8 Å². The number of carbonyl (C=O) groups excluding carboxylic acids is 3. The minimum absolute atomic E-state index is 0.0428. The predicted octanol–water partition coefficient (Wildman–Crippen LogP) is 2.70. The maximum atomic E-state index is 14.3. The van der Waals surface area contributed by atoms with Crippen LogP contribution in [0.2, 0.25) is 0 Å². The fourth-order valence-corrected chi connectivity index (χ4v) is 6.40. The standard InChI is InChI=1S/C27H42N2O6/c1-7-11-18(6)28(14-8-2)25(32)23-27-13-12-20(35-27)21(26(33)34-15-9-3)22(27)24(31)29(23)19(16-30)17(5)10-4/h8-9,17-23,30H,2-3,7,10-16H2,1,4-6H3/t17-,18?,19-,20+,21-,22-,23?,27?/m0/s1. The average molecular weight is 491 g/mol. The molecule has 196 valence electrons. The van der Waals surface area contributed by atoms with Crippen LogP contribution in [0.15, 0.2) is 25.3 Å². The monoisotopic (exact) mass is 490 g/mol. The smallest absolute Gasteiger partial charge is 0.312 e. The second kappa shape index (κ2) is 11.2. The number of carbonyl (C=O) groups is 3. The van der Waals surface area contributed by atoms with Crippen molar-refractivity contribution in [2.24, 2.45) is 17.8 Å². The number of ether oxygens (including phenoxy) is 2. The van der Waals surface area contributed by atoms with Crippen molar-refractivity contribution in [2.75, 3.05) is 19.8 Å². The summed E-state index contributed by atoms with van der Waals surface area (Å²) in [6, 6.07) is -1.52. The summed E-state index contributed by atoms with van der Waals surface area (Å²) in [5.74, 6) is -2.62. The first-order valence-electron chi connectivity index (χ1n) is 13.0. The van der Waals surface area contributed by atoms with Gasteiger partial charge in [0.15, 0.2) is 0 Å². The number of aliphatic hydroxyl groups is 1. The molecule has 0 aromatic carbocycles. The fourth-order valence-electron chi connectivity index (χ4n) is 6.40. The minimum Gasteiger partial charge on any atom is -0.461 e. The van der Waals surface area contributed by atoms with Crippen molar-refractivity contribution >= 4 is 17.8 Å². The third-order valence-electron chi connectivity index (χ3n) is 8.28. The molecule has 2 bridgehead atoms. The lowest BCUT2D eigenvalue weighted by Crippen LogP contribution is -2.60. The molecule has 0 aromatic heterocycles. The Kier molecular flexibility index (Phi) is 8.81. The fraction of sp³-hybridized carbons (Fsp3) is 0.741. The van der Waals surface area contributed by atoms with Gasteiger partial charge >= 0.3 is 5.97 Å². The first-order valence-corrected chi connectivity index (χ1v) is 13.0. The van der Waals surface area contributed by atoms with E-state index in [0.29, 0.717) is 19.4 Å². The molecular weight excluding hydrogens is 448 g/mol. The van der Waals surface area contributed by atoms with Crippen molar-refractivity contribution in [3.05, 3.63) is 25.3 Å². The molecule has 3 saturated heterocycles. The Bertz CT molecular complexity index is 830. The summed E-state index contributed by atoms with van der Waals surface area (Å²) in [6.45, 7) is 15.6. The summed E-state index contributed by atoms with van der Waals surface area (Å²) < 4.78 is 11.8. The Morgan fingerprint density at radius 3 is 2.60 bits per heavy atom. The number of likely N-dealkylation sites (tertiary alicyclic amines) is 1. The van der Waals surface area contributed by atoms with Gasteiger partial charge in [0.1, 0.15) is 18.2 Å². The Morgan fingerprint density at radius 1 is 1.31 bits per heavy atom. The SMILES string of the molecule is C=CCOC(=O)[C@@H]1[C@H]2C(=O)N([C@@H](CO)[C@@H](C)CC)C(C(=O)N(CC=C)C(C)CCC)C23CC[C@H]1O3. The highest BCUT2D eigenvalue weighted by atomic mass is 16.6. The lowest BCUT2D eigenvalue weighted by Gasteiger charge is -2.42. The van der Waals surface area contributed by atoms with Crippen LogP contribution >= 0.6 is 0 Å². The molecular formula is C27H42N2O6. The lowest BCUT2D eigenvalue weighted by molar-refractivity contribution is -0.157. The molecule has 8 heteroatoms. The van der Waals surface area contributed by atoms with E-state index in [0.717, 1.165) is 19.3 Å². The molecule has 3 heterocycles. The number of rotatable bonds is 13. The first-order chi connectivity index (χ1) is 16.7. The van der Waals surface area contributed by atoms with Gasteiger partial charge in [-0.2, -0.15) is 0 Å². The van der Waals surface area contributed by atoms with Gasteiger partial charge in [0, 0.05) is 12.6 Å². The minimum atomic E-state index is -1.11. The molecule has 0 radical (unpaired) electrons. The third-order valence-corrected chi connectivity index (χ3v) is 8.28. The van der Waals surface area contributed by atoms with Gasteiger partial charge in [-0.05, 0) is 32.1 Å². The van der Waals surface area contributed by atoms with Crippen LogP contribution < -0.4 is 0 Å². The van der Waals surface area contributed by atoms with E-state index in [2.05, 4.69) is 20.1 Å². The number of hydrogen-bond donors (Lipinski definition) is 1.